The second-order valence-electron chi connectivity index (χ2n) is 9.56. The van der Waals surface area contributed by atoms with Gasteiger partial charge in [0.1, 0.15) is 23.5 Å². The van der Waals surface area contributed by atoms with Gasteiger partial charge in [0, 0.05) is 12.0 Å². The maximum atomic E-state index is 14.5. The van der Waals surface area contributed by atoms with E-state index in [2.05, 4.69) is 5.32 Å². The Balaban J connectivity index is 1.53. The Labute approximate surface area is 221 Å². The van der Waals surface area contributed by atoms with Crippen molar-refractivity contribution in [1.82, 2.24) is 5.32 Å². The first kappa shape index (κ1) is 26.9. The summed E-state index contributed by atoms with van der Waals surface area (Å²) in [4.78, 5) is 11.6. The Kier molecular flexibility index (Phi) is 7.00. The van der Waals surface area contributed by atoms with Crippen molar-refractivity contribution in [3.63, 3.8) is 0 Å². The minimum Gasteiger partial charge on any atom is -0.484 e. The fourth-order valence-corrected chi connectivity index (χ4v) is 5.92. The highest BCUT2D eigenvalue weighted by molar-refractivity contribution is 7.92. The van der Waals surface area contributed by atoms with Crippen LogP contribution in [0.25, 0.3) is 11.1 Å². The molecule has 0 bridgehead atoms. The zero-order valence-electron chi connectivity index (χ0n) is 20.3. The van der Waals surface area contributed by atoms with Crippen LogP contribution in [0.3, 0.4) is 0 Å². The third-order valence-corrected chi connectivity index (χ3v) is 8.35. The van der Waals surface area contributed by atoms with Gasteiger partial charge in [-0.2, -0.15) is 13.2 Å². The lowest BCUT2D eigenvalue weighted by Crippen LogP contribution is -2.48. The van der Waals surface area contributed by atoms with Crippen molar-refractivity contribution < 1.29 is 39.9 Å². The fourth-order valence-electron chi connectivity index (χ4n) is 4.38. The predicted molar refractivity (Wildman–Crippen MR) is 133 cm³/mol. The summed E-state index contributed by atoms with van der Waals surface area (Å²) in [5.41, 5.74) is -1.20. The average Bonchev–Trinajstić information content (AvgIpc) is 3.71. The predicted octanol–water partition coefficient (Wildman–Crippen LogP) is 5.52. The number of nitrogens with zero attached hydrogens (tertiary/aromatic N) is 1. The van der Waals surface area contributed by atoms with Crippen LogP contribution in [0.1, 0.15) is 24.8 Å². The van der Waals surface area contributed by atoms with Gasteiger partial charge >= 0.3 is 6.18 Å². The second kappa shape index (κ2) is 10.1. The zero-order chi connectivity index (χ0) is 27.9. The van der Waals surface area contributed by atoms with Crippen molar-refractivity contribution in [2.75, 3.05) is 17.4 Å². The van der Waals surface area contributed by atoms with Crippen LogP contribution in [0, 0.1) is 17.6 Å². The fraction of sp³-hybridized carbons (Fsp3) is 0.296. The van der Waals surface area contributed by atoms with E-state index >= 15 is 0 Å². The van der Waals surface area contributed by atoms with Crippen LogP contribution in [0.4, 0.5) is 27.6 Å². The first-order chi connectivity index (χ1) is 18.4. The quantitative estimate of drug-likeness (QED) is 0.382. The molecule has 39 heavy (non-hydrogen) atoms. The number of hydrogen-bond acceptors (Lipinski definition) is 4. The molecule has 2 aliphatic rings. The molecule has 0 unspecified atom stereocenters. The number of nitrogens with one attached hydrogen (secondary N) is 1. The summed E-state index contributed by atoms with van der Waals surface area (Å²) in [5, 5.41) is 2.72. The zero-order valence-corrected chi connectivity index (χ0v) is 21.2. The van der Waals surface area contributed by atoms with Crippen molar-refractivity contribution in [3.8, 4) is 16.9 Å². The number of sulfonamides is 1. The highest BCUT2D eigenvalue weighted by atomic mass is 32.2. The number of halogens is 5. The maximum Gasteiger partial charge on any atom is 0.416 e. The maximum absolute atomic E-state index is 14.5. The molecule has 1 heterocycles. The molecule has 1 aliphatic heterocycles. The summed E-state index contributed by atoms with van der Waals surface area (Å²) in [7, 11) is -4.58. The van der Waals surface area contributed by atoms with E-state index in [1.807, 2.05) is 0 Å². The summed E-state index contributed by atoms with van der Waals surface area (Å²) >= 11 is 0. The molecule has 6 nitrogen and oxygen atoms in total. The third-order valence-electron chi connectivity index (χ3n) is 6.58. The molecule has 1 aliphatic carbocycles. The van der Waals surface area contributed by atoms with Crippen molar-refractivity contribution in [1.29, 1.82) is 0 Å². The molecule has 0 aromatic heterocycles. The van der Waals surface area contributed by atoms with Gasteiger partial charge in [0.25, 0.3) is 10.0 Å². The van der Waals surface area contributed by atoms with Gasteiger partial charge in [-0.05, 0) is 72.9 Å². The van der Waals surface area contributed by atoms with Crippen LogP contribution in [0.15, 0.2) is 65.6 Å². The number of carbonyl (C=O) groups is 1. The number of ether oxygens (including phenoxy) is 1. The topological polar surface area (TPSA) is 75.7 Å². The van der Waals surface area contributed by atoms with Gasteiger partial charge in [0.05, 0.1) is 29.2 Å². The van der Waals surface area contributed by atoms with Crippen LogP contribution in [-0.2, 0) is 21.0 Å². The molecule has 3 aromatic carbocycles. The largest absolute Gasteiger partial charge is 0.484 e. The van der Waals surface area contributed by atoms with Crippen molar-refractivity contribution >= 4 is 21.6 Å². The number of rotatable bonds is 7. The van der Waals surface area contributed by atoms with Gasteiger partial charge in [-0.25, -0.2) is 17.2 Å². The van der Waals surface area contributed by atoms with E-state index in [1.165, 1.54) is 18.2 Å². The van der Waals surface area contributed by atoms with Crippen molar-refractivity contribution in [2.24, 2.45) is 5.92 Å². The molecule has 1 amide bonds. The molecule has 12 heteroatoms. The van der Waals surface area contributed by atoms with E-state index in [-0.39, 0.29) is 41.6 Å². The van der Waals surface area contributed by atoms with E-state index in [0.717, 1.165) is 53.5 Å². The van der Waals surface area contributed by atoms with E-state index < -0.39 is 44.4 Å². The van der Waals surface area contributed by atoms with Gasteiger partial charge in [0.2, 0.25) is 5.91 Å². The summed E-state index contributed by atoms with van der Waals surface area (Å²) in [6.07, 6.45) is -3.35. The minimum atomic E-state index is -4.77. The standard InChI is InChI=1S/C27H23F5N2O4S/c28-19-7-8-23(29)22(13-19)17-6-9-25-24(11-17)34(15-20(38-25)14-33-26(35)10-16-4-5-16)39(36,37)21-3-1-2-18(12-21)27(30,31)32/h1-3,6-9,11-13,16,20H,4-5,10,14-15H2,(H,33,35)/t20-/m0/s1. The first-order valence-electron chi connectivity index (χ1n) is 12.1. The molecule has 5 rings (SSSR count). The lowest BCUT2D eigenvalue weighted by atomic mass is 10.0. The molecule has 0 spiro atoms. The summed E-state index contributed by atoms with van der Waals surface area (Å²) in [6.45, 7) is -0.385. The lowest BCUT2D eigenvalue weighted by Gasteiger charge is -2.36. The number of carbonyl (C=O) groups excluding carboxylic acids is 1. The molecule has 1 saturated carbocycles. The smallest absolute Gasteiger partial charge is 0.416 e. The van der Waals surface area contributed by atoms with E-state index in [0.29, 0.717) is 18.4 Å². The Bertz CT molecular complexity index is 1520. The molecular formula is C27H23F5N2O4S. The minimum absolute atomic E-state index is 0.0418. The molecule has 1 N–H and O–H groups in total. The van der Waals surface area contributed by atoms with E-state index in [4.69, 9.17) is 4.74 Å². The molecular weight excluding hydrogens is 543 g/mol. The average molecular weight is 567 g/mol. The normalized spacial score (nSPS) is 17.4. The SMILES string of the molecule is O=C(CC1CC1)NC[C@H]1CN(S(=O)(=O)c2cccc(C(F)(F)F)c2)c2cc(-c3cc(F)ccc3F)ccc2O1. The molecule has 206 valence electrons. The van der Waals surface area contributed by atoms with Crippen molar-refractivity contribution in [2.45, 2.75) is 36.4 Å². The summed E-state index contributed by atoms with van der Waals surface area (Å²) in [5.74, 6) is -1.29. The molecule has 0 saturated heterocycles. The second-order valence-corrected chi connectivity index (χ2v) is 11.4. The Morgan fingerprint density at radius 1 is 1.03 bits per heavy atom. The van der Waals surface area contributed by atoms with Gasteiger partial charge in [-0.1, -0.05) is 12.1 Å². The van der Waals surface area contributed by atoms with Crippen LogP contribution >= 0.6 is 0 Å². The summed E-state index contributed by atoms with van der Waals surface area (Å²) < 4.78 is 103. The number of amides is 1. The number of anilines is 1. The number of fused-ring (bicyclic) bond motifs is 1. The van der Waals surface area contributed by atoms with Crippen LogP contribution in [0.5, 0.6) is 5.75 Å². The van der Waals surface area contributed by atoms with Gasteiger partial charge in [0.15, 0.2) is 0 Å². The summed E-state index contributed by atoms with van der Waals surface area (Å²) in [6, 6.07) is 10.2. The van der Waals surface area contributed by atoms with Crippen LogP contribution < -0.4 is 14.4 Å². The Morgan fingerprint density at radius 2 is 1.79 bits per heavy atom. The highest BCUT2D eigenvalue weighted by Gasteiger charge is 2.37. The van der Waals surface area contributed by atoms with Gasteiger partial charge < -0.3 is 10.1 Å². The first-order valence-corrected chi connectivity index (χ1v) is 13.6. The molecule has 1 atom stereocenters. The lowest BCUT2D eigenvalue weighted by molar-refractivity contribution is -0.137. The van der Waals surface area contributed by atoms with Gasteiger partial charge in [-0.15, -0.1) is 0 Å². The molecule has 3 aromatic rings. The van der Waals surface area contributed by atoms with E-state index in [1.54, 1.807) is 0 Å². The van der Waals surface area contributed by atoms with Crippen LogP contribution in [0.2, 0.25) is 0 Å². The van der Waals surface area contributed by atoms with Crippen molar-refractivity contribution in [3.05, 3.63) is 77.9 Å². The number of alkyl halides is 3. The van der Waals surface area contributed by atoms with Gasteiger partial charge in [-0.3, -0.25) is 9.10 Å². The monoisotopic (exact) mass is 566 g/mol. The highest BCUT2D eigenvalue weighted by Crippen LogP contribution is 2.41. The molecule has 0 radical (unpaired) electrons. The Hall–Kier alpha value is -3.67. The molecule has 1 fully saturated rings. The number of hydrogen-bond donors (Lipinski definition) is 1. The third kappa shape index (κ3) is 5.85. The van der Waals surface area contributed by atoms with E-state index in [9.17, 15) is 35.2 Å². The Morgan fingerprint density at radius 3 is 2.51 bits per heavy atom. The number of benzene rings is 3. The van der Waals surface area contributed by atoms with Crippen LogP contribution in [-0.4, -0.2) is 33.5 Å².